The molecule has 0 heterocycles. The summed E-state index contributed by atoms with van der Waals surface area (Å²) in [5, 5.41) is 2.72. The maximum atomic E-state index is 12.6. The van der Waals surface area contributed by atoms with Gasteiger partial charge in [0.15, 0.2) is 0 Å². The van der Waals surface area contributed by atoms with Gasteiger partial charge in [-0.05, 0) is 24.6 Å². The van der Waals surface area contributed by atoms with Gasteiger partial charge in [0, 0.05) is 13.0 Å². The Kier molecular flexibility index (Phi) is 4.03. The molecule has 2 nitrogen and oxygen atoms in total. The normalized spacial score (nSPS) is 12.7. The molecule has 0 aromatic heterocycles. The van der Waals surface area contributed by atoms with Crippen LogP contribution in [0.1, 0.15) is 19.4 Å². The van der Waals surface area contributed by atoms with Crippen LogP contribution in [0.15, 0.2) is 30.3 Å². The highest BCUT2D eigenvalue weighted by Crippen LogP contribution is 2.05. The maximum Gasteiger partial charge on any atom is 0.217 e. The molecule has 0 unspecified atom stereocenters. The molecule has 3 heteroatoms. The van der Waals surface area contributed by atoms with Crippen molar-refractivity contribution in [2.45, 2.75) is 19.9 Å². The Morgan fingerprint density at radius 2 is 2.00 bits per heavy atom. The molecule has 80 valence electrons. The fourth-order valence-electron chi connectivity index (χ4n) is 1.20. The minimum atomic E-state index is -0.248. The Hall–Kier alpha value is -1.64. The summed E-state index contributed by atoms with van der Waals surface area (Å²) in [6.07, 6.45) is 3.70. The highest BCUT2D eigenvalue weighted by molar-refractivity contribution is 5.73. The number of carbonyl (C=O) groups excluding carboxylic acids is 1. The molecule has 0 fully saturated rings. The second-order valence-corrected chi connectivity index (χ2v) is 3.40. The summed E-state index contributed by atoms with van der Waals surface area (Å²) in [5.41, 5.74) is 0.911. The van der Waals surface area contributed by atoms with Crippen molar-refractivity contribution in [3.63, 3.8) is 0 Å². The number of nitrogens with one attached hydrogen (secondary N) is 1. The van der Waals surface area contributed by atoms with E-state index in [0.29, 0.717) is 0 Å². The minimum Gasteiger partial charge on any atom is -0.350 e. The molecule has 0 aliphatic rings. The summed E-state index contributed by atoms with van der Waals surface area (Å²) in [4.78, 5) is 10.7. The predicted octanol–water partition coefficient (Wildman–Crippen LogP) is 2.36. The molecule has 1 amide bonds. The number of hydrogen-bond donors (Lipinski definition) is 1. The zero-order valence-electron chi connectivity index (χ0n) is 8.83. The van der Waals surface area contributed by atoms with Crippen molar-refractivity contribution in [3.05, 3.63) is 41.7 Å². The Morgan fingerprint density at radius 3 is 2.53 bits per heavy atom. The summed E-state index contributed by atoms with van der Waals surface area (Å²) in [6.45, 7) is 3.35. The largest absolute Gasteiger partial charge is 0.350 e. The number of amides is 1. The average molecular weight is 207 g/mol. The lowest BCUT2D eigenvalue weighted by molar-refractivity contribution is -0.119. The molecule has 0 aliphatic heterocycles. The number of benzene rings is 1. The molecule has 1 aromatic rings. The molecule has 1 aromatic carbocycles. The number of halogens is 1. The van der Waals surface area contributed by atoms with E-state index in [0.717, 1.165) is 5.56 Å². The first-order valence-electron chi connectivity index (χ1n) is 4.79. The Bertz CT molecular complexity index is 356. The van der Waals surface area contributed by atoms with Gasteiger partial charge in [-0.1, -0.05) is 24.3 Å². The Morgan fingerprint density at radius 1 is 1.40 bits per heavy atom. The fourth-order valence-corrected chi connectivity index (χ4v) is 1.20. The molecule has 0 radical (unpaired) electrons. The van der Waals surface area contributed by atoms with Gasteiger partial charge >= 0.3 is 0 Å². The van der Waals surface area contributed by atoms with E-state index in [-0.39, 0.29) is 17.8 Å². The monoisotopic (exact) mass is 207 g/mol. The SMILES string of the molecule is CC(=O)N[C@@H](C)/C=C/c1ccc(F)cc1. The van der Waals surface area contributed by atoms with Crippen molar-refractivity contribution in [1.29, 1.82) is 0 Å². The van der Waals surface area contributed by atoms with Crippen LogP contribution in [0, 0.1) is 5.82 Å². The standard InChI is InChI=1S/C12H14FNO/c1-9(14-10(2)15)3-4-11-5-7-12(13)8-6-11/h3-9H,1-2H3,(H,14,15)/b4-3+/t9-/m0/s1. The van der Waals surface area contributed by atoms with E-state index in [1.54, 1.807) is 12.1 Å². The quantitative estimate of drug-likeness (QED) is 0.810. The van der Waals surface area contributed by atoms with Gasteiger partial charge in [0.25, 0.3) is 0 Å². The van der Waals surface area contributed by atoms with E-state index in [4.69, 9.17) is 0 Å². The van der Waals surface area contributed by atoms with E-state index in [2.05, 4.69) is 5.32 Å². The number of rotatable bonds is 3. The minimum absolute atomic E-state index is 0.0208. The third kappa shape index (κ3) is 4.40. The van der Waals surface area contributed by atoms with Crippen LogP contribution in [-0.2, 0) is 4.79 Å². The van der Waals surface area contributed by atoms with Crippen molar-refractivity contribution in [3.8, 4) is 0 Å². The topological polar surface area (TPSA) is 29.1 Å². The first kappa shape index (κ1) is 11.4. The third-order valence-corrected chi connectivity index (χ3v) is 1.88. The molecule has 15 heavy (non-hydrogen) atoms. The van der Waals surface area contributed by atoms with Gasteiger partial charge in [-0.3, -0.25) is 4.79 Å². The molecular weight excluding hydrogens is 193 g/mol. The van der Waals surface area contributed by atoms with E-state index in [9.17, 15) is 9.18 Å². The van der Waals surface area contributed by atoms with Crippen molar-refractivity contribution >= 4 is 12.0 Å². The third-order valence-electron chi connectivity index (χ3n) is 1.88. The predicted molar refractivity (Wildman–Crippen MR) is 58.7 cm³/mol. The van der Waals surface area contributed by atoms with Crippen LogP contribution in [0.25, 0.3) is 6.08 Å². The second-order valence-electron chi connectivity index (χ2n) is 3.40. The lowest BCUT2D eigenvalue weighted by Crippen LogP contribution is -2.28. The van der Waals surface area contributed by atoms with E-state index in [1.807, 2.05) is 19.1 Å². The van der Waals surface area contributed by atoms with Crippen molar-refractivity contribution in [1.82, 2.24) is 5.32 Å². The van der Waals surface area contributed by atoms with Gasteiger partial charge in [-0.2, -0.15) is 0 Å². The maximum absolute atomic E-state index is 12.6. The van der Waals surface area contributed by atoms with Crippen LogP contribution in [0.5, 0.6) is 0 Å². The molecule has 0 spiro atoms. The van der Waals surface area contributed by atoms with Crippen LogP contribution >= 0.6 is 0 Å². The molecule has 1 atom stereocenters. The smallest absolute Gasteiger partial charge is 0.217 e. The van der Waals surface area contributed by atoms with Crippen LogP contribution in [0.4, 0.5) is 4.39 Å². The van der Waals surface area contributed by atoms with Crippen molar-refractivity contribution < 1.29 is 9.18 Å². The average Bonchev–Trinajstić information content (AvgIpc) is 2.16. The molecule has 0 saturated carbocycles. The zero-order valence-corrected chi connectivity index (χ0v) is 8.83. The lowest BCUT2D eigenvalue weighted by atomic mass is 10.2. The summed E-state index contributed by atoms with van der Waals surface area (Å²) in [5.74, 6) is -0.312. The van der Waals surface area contributed by atoms with Gasteiger partial charge in [0.1, 0.15) is 5.82 Å². The van der Waals surface area contributed by atoms with Crippen LogP contribution in [0.2, 0.25) is 0 Å². The molecule has 1 rings (SSSR count). The van der Waals surface area contributed by atoms with Gasteiger partial charge in [0.05, 0.1) is 0 Å². The number of carbonyl (C=O) groups is 1. The molecule has 0 bridgehead atoms. The van der Waals surface area contributed by atoms with Gasteiger partial charge < -0.3 is 5.32 Å². The van der Waals surface area contributed by atoms with Gasteiger partial charge in [-0.15, -0.1) is 0 Å². The highest BCUT2D eigenvalue weighted by Gasteiger charge is 1.97. The van der Waals surface area contributed by atoms with E-state index < -0.39 is 0 Å². The van der Waals surface area contributed by atoms with Crippen LogP contribution in [0.3, 0.4) is 0 Å². The lowest BCUT2D eigenvalue weighted by Gasteiger charge is -2.06. The van der Waals surface area contributed by atoms with Crippen LogP contribution < -0.4 is 5.32 Å². The van der Waals surface area contributed by atoms with Crippen molar-refractivity contribution in [2.75, 3.05) is 0 Å². The Labute approximate surface area is 88.8 Å². The summed E-state index contributed by atoms with van der Waals surface area (Å²) in [7, 11) is 0. The van der Waals surface area contributed by atoms with E-state index in [1.165, 1.54) is 19.1 Å². The van der Waals surface area contributed by atoms with Gasteiger partial charge in [0.2, 0.25) is 5.91 Å². The first-order valence-corrected chi connectivity index (χ1v) is 4.79. The van der Waals surface area contributed by atoms with Crippen LogP contribution in [-0.4, -0.2) is 11.9 Å². The zero-order chi connectivity index (χ0) is 11.3. The highest BCUT2D eigenvalue weighted by atomic mass is 19.1. The Balaban J connectivity index is 2.57. The summed E-state index contributed by atoms with van der Waals surface area (Å²) < 4.78 is 12.6. The summed E-state index contributed by atoms with van der Waals surface area (Å²) >= 11 is 0. The van der Waals surface area contributed by atoms with Gasteiger partial charge in [-0.25, -0.2) is 4.39 Å². The molecular formula is C12H14FNO. The molecule has 1 N–H and O–H groups in total. The summed E-state index contributed by atoms with van der Waals surface area (Å²) in [6, 6.07) is 6.16. The first-order chi connectivity index (χ1) is 7.08. The van der Waals surface area contributed by atoms with E-state index >= 15 is 0 Å². The molecule has 0 aliphatic carbocycles. The second kappa shape index (κ2) is 5.29. The number of hydrogen-bond acceptors (Lipinski definition) is 1. The molecule has 0 saturated heterocycles. The van der Waals surface area contributed by atoms with Crippen molar-refractivity contribution in [2.24, 2.45) is 0 Å². The fraction of sp³-hybridized carbons (Fsp3) is 0.250.